The van der Waals surface area contributed by atoms with Gasteiger partial charge in [0.25, 0.3) is 0 Å². The number of rotatable bonds is 9. The van der Waals surface area contributed by atoms with Gasteiger partial charge in [0.1, 0.15) is 5.75 Å². The highest BCUT2D eigenvalue weighted by molar-refractivity contribution is 7.89. The maximum atomic E-state index is 13.3. The minimum absolute atomic E-state index is 0.0823. The van der Waals surface area contributed by atoms with Crippen LogP contribution in [0.2, 0.25) is 5.02 Å². The summed E-state index contributed by atoms with van der Waals surface area (Å²) in [5.74, 6) is 0.616. The molecule has 1 aromatic carbocycles. The van der Waals surface area contributed by atoms with Gasteiger partial charge in [-0.1, -0.05) is 44.7 Å². The molecule has 1 aliphatic rings. The summed E-state index contributed by atoms with van der Waals surface area (Å²) in [6.07, 6.45) is 5.42. The topological polar surface area (TPSA) is 75.7 Å². The van der Waals surface area contributed by atoms with Crippen molar-refractivity contribution in [3.63, 3.8) is 0 Å². The Bertz CT molecular complexity index is 761. The van der Waals surface area contributed by atoms with Gasteiger partial charge in [0, 0.05) is 12.6 Å². The zero-order valence-electron chi connectivity index (χ0n) is 16.9. The molecule has 1 amide bonds. The Balaban J connectivity index is 2.24. The Labute approximate surface area is 173 Å². The number of carbonyl (C=O) groups is 1. The second-order valence-corrected chi connectivity index (χ2v) is 9.97. The van der Waals surface area contributed by atoms with Crippen LogP contribution in [0.4, 0.5) is 0 Å². The van der Waals surface area contributed by atoms with Gasteiger partial charge in [-0.3, -0.25) is 4.79 Å². The number of benzene rings is 1. The first-order valence-electron chi connectivity index (χ1n) is 9.87. The van der Waals surface area contributed by atoms with Gasteiger partial charge in [0.15, 0.2) is 0 Å². The summed E-state index contributed by atoms with van der Waals surface area (Å²) < 4.78 is 33.2. The number of hydrogen-bond acceptors (Lipinski definition) is 4. The largest absolute Gasteiger partial charge is 0.495 e. The van der Waals surface area contributed by atoms with Crippen molar-refractivity contribution in [2.45, 2.75) is 63.3 Å². The highest BCUT2D eigenvalue weighted by Gasteiger charge is 2.34. The van der Waals surface area contributed by atoms with E-state index in [4.69, 9.17) is 16.3 Å². The fraction of sp³-hybridized carbons (Fsp3) is 0.650. The number of carbonyl (C=O) groups excluding carboxylic acids is 1. The van der Waals surface area contributed by atoms with Crippen molar-refractivity contribution in [3.8, 4) is 5.75 Å². The maximum Gasteiger partial charge on any atom is 0.243 e. The van der Waals surface area contributed by atoms with E-state index in [9.17, 15) is 13.2 Å². The van der Waals surface area contributed by atoms with Crippen molar-refractivity contribution < 1.29 is 17.9 Å². The van der Waals surface area contributed by atoms with E-state index in [0.29, 0.717) is 18.2 Å². The van der Waals surface area contributed by atoms with Crippen molar-refractivity contribution in [1.29, 1.82) is 0 Å². The standard InChI is InChI=1S/C20H31ClN2O4S/c1-15(2)11-12-22-20(24)14-23(16-7-5-4-6-8-16)28(25,26)17-9-10-19(27-3)18(21)13-17/h9-10,13,15-16H,4-8,11-12,14H2,1-3H3,(H,22,24). The number of hydrogen-bond donors (Lipinski definition) is 1. The van der Waals surface area contributed by atoms with E-state index in [1.54, 1.807) is 0 Å². The zero-order chi connectivity index (χ0) is 20.7. The van der Waals surface area contributed by atoms with Crippen LogP contribution < -0.4 is 10.1 Å². The van der Waals surface area contributed by atoms with E-state index in [0.717, 1.165) is 38.5 Å². The summed E-state index contributed by atoms with van der Waals surface area (Å²) in [7, 11) is -2.37. The Kier molecular flexibility index (Phi) is 8.58. The molecule has 2 rings (SSSR count). The van der Waals surface area contributed by atoms with Gasteiger partial charge in [-0.05, 0) is 43.4 Å². The van der Waals surface area contributed by atoms with E-state index in [2.05, 4.69) is 19.2 Å². The quantitative estimate of drug-likeness (QED) is 0.645. The second kappa shape index (κ2) is 10.5. The second-order valence-electron chi connectivity index (χ2n) is 7.67. The molecule has 0 atom stereocenters. The molecule has 8 heteroatoms. The molecule has 0 unspecified atom stereocenters. The minimum atomic E-state index is -3.85. The van der Waals surface area contributed by atoms with Crippen LogP contribution in [0.3, 0.4) is 0 Å². The van der Waals surface area contributed by atoms with E-state index >= 15 is 0 Å². The molecule has 0 aromatic heterocycles. The fourth-order valence-electron chi connectivity index (χ4n) is 3.42. The van der Waals surface area contributed by atoms with Crippen molar-refractivity contribution in [3.05, 3.63) is 23.2 Å². The number of sulfonamides is 1. The van der Waals surface area contributed by atoms with Crippen LogP contribution >= 0.6 is 11.6 Å². The van der Waals surface area contributed by atoms with Crippen molar-refractivity contribution in [2.75, 3.05) is 20.2 Å². The predicted molar refractivity (Wildman–Crippen MR) is 111 cm³/mol. The molecule has 1 N–H and O–H groups in total. The maximum absolute atomic E-state index is 13.3. The lowest BCUT2D eigenvalue weighted by Gasteiger charge is -2.33. The molecule has 1 aliphatic carbocycles. The summed E-state index contributed by atoms with van der Waals surface area (Å²) in [6, 6.07) is 4.24. The number of ether oxygens (including phenoxy) is 1. The fourth-order valence-corrected chi connectivity index (χ4v) is 5.41. The molecular formula is C20H31ClN2O4S. The molecule has 1 saturated carbocycles. The molecular weight excluding hydrogens is 400 g/mol. The summed E-state index contributed by atoms with van der Waals surface area (Å²) in [5, 5.41) is 3.08. The van der Waals surface area contributed by atoms with Gasteiger partial charge in [-0.25, -0.2) is 8.42 Å². The normalized spacial score (nSPS) is 15.8. The minimum Gasteiger partial charge on any atom is -0.495 e. The molecule has 28 heavy (non-hydrogen) atoms. The van der Waals surface area contributed by atoms with Gasteiger partial charge >= 0.3 is 0 Å². The summed E-state index contributed by atoms with van der Waals surface area (Å²) in [5.41, 5.74) is 0. The molecule has 0 aliphatic heterocycles. The Morgan fingerprint density at radius 2 is 1.96 bits per heavy atom. The van der Waals surface area contributed by atoms with Crippen molar-refractivity contribution >= 4 is 27.5 Å². The van der Waals surface area contributed by atoms with E-state index in [1.165, 1.54) is 29.6 Å². The smallest absolute Gasteiger partial charge is 0.243 e. The van der Waals surface area contributed by atoms with Gasteiger partial charge in [-0.15, -0.1) is 0 Å². The number of halogens is 1. The van der Waals surface area contributed by atoms with Crippen LogP contribution in [-0.4, -0.2) is 44.9 Å². The lowest BCUT2D eigenvalue weighted by Crippen LogP contribution is -2.47. The predicted octanol–water partition coefficient (Wildman–Crippen LogP) is 3.83. The number of nitrogens with one attached hydrogen (secondary N) is 1. The van der Waals surface area contributed by atoms with Crippen LogP contribution in [0.5, 0.6) is 5.75 Å². The first-order chi connectivity index (χ1) is 13.3. The molecule has 1 fully saturated rings. The van der Waals surface area contributed by atoms with Crippen molar-refractivity contribution in [2.24, 2.45) is 5.92 Å². The first-order valence-corrected chi connectivity index (χ1v) is 11.7. The van der Waals surface area contributed by atoms with Gasteiger partial charge in [0.05, 0.1) is 23.6 Å². The molecule has 158 valence electrons. The highest BCUT2D eigenvalue weighted by Crippen LogP contribution is 2.31. The SMILES string of the molecule is COc1ccc(S(=O)(=O)N(CC(=O)NCCC(C)C)C2CCCCC2)cc1Cl. The average molecular weight is 431 g/mol. The zero-order valence-corrected chi connectivity index (χ0v) is 18.5. The van der Waals surface area contributed by atoms with Crippen LogP contribution in [0, 0.1) is 5.92 Å². The van der Waals surface area contributed by atoms with Crippen LogP contribution in [0.1, 0.15) is 52.4 Å². The summed E-state index contributed by atoms with van der Waals surface area (Å²) in [4.78, 5) is 12.5. The van der Waals surface area contributed by atoms with E-state index in [-0.39, 0.29) is 28.4 Å². The number of nitrogens with zero attached hydrogens (tertiary/aromatic N) is 1. The number of methoxy groups -OCH3 is 1. The molecule has 0 bridgehead atoms. The third-order valence-electron chi connectivity index (χ3n) is 5.06. The first kappa shape index (κ1) is 23.0. The Morgan fingerprint density at radius 3 is 2.54 bits per heavy atom. The van der Waals surface area contributed by atoms with Gasteiger partial charge in [0.2, 0.25) is 15.9 Å². The third kappa shape index (κ3) is 6.09. The highest BCUT2D eigenvalue weighted by atomic mass is 35.5. The molecule has 1 aromatic rings. The summed E-state index contributed by atoms with van der Waals surface area (Å²) >= 11 is 6.14. The molecule has 0 spiro atoms. The van der Waals surface area contributed by atoms with Crippen molar-refractivity contribution in [1.82, 2.24) is 9.62 Å². The molecule has 0 heterocycles. The summed E-state index contributed by atoms with van der Waals surface area (Å²) in [6.45, 7) is 4.54. The number of amides is 1. The molecule has 0 saturated heterocycles. The lowest BCUT2D eigenvalue weighted by atomic mass is 9.95. The van der Waals surface area contributed by atoms with E-state index < -0.39 is 10.0 Å². The average Bonchev–Trinajstić information content (AvgIpc) is 2.66. The van der Waals surface area contributed by atoms with Gasteiger partial charge < -0.3 is 10.1 Å². The Hall–Kier alpha value is -1.31. The third-order valence-corrected chi connectivity index (χ3v) is 7.24. The monoisotopic (exact) mass is 430 g/mol. The molecule has 6 nitrogen and oxygen atoms in total. The van der Waals surface area contributed by atoms with Crippen LogP contribution in [0.15, 0.2) is 23.1 Å². The van der Waals surface area contributed by atoms with Crippen LogP contribution in [0.25, 0.3) is 0 Å². The van der Waals surface area contributed by atoms with Gasteiger partial charge in [-0.2, -0.15) is 4.31 Å². The lowest BCUT2D eigenvalue weighted by molar-refractivity contribution is -0.121. The van der Waals surface area contributed by atoms with Crippen LogP contribution in [-0.2, 0) is 14.8 Å². The Morgan fingerprint density at radius 1 is 1.29 bits per heavy atom. The van der Waals surface area contributed by atoms with E-state index in [1.807, 2.05) is 0 Å². The molecule has 0 radical (unpaired) electrons.